The van der Waals surface area contributed by atoms with Crippen LogP contribution in [0.1, 0.15) is 38.2 Å². The van der Waals surface area contributed by atoms with E-state index in [-0.39, 0.29) is 18.0 Å². The van der Waals surface area contributed by atoms with Crippen LogP contribution in [0.15, 0.2) is 54.9 Å². The molecular weight excluding hydrogens is 446 g/mol. The van der Waals surface area contributed by atoms with Crippen LogP contribution in [0.5, 0.6) is 5.88 Å². The van der Waals surface area contributed by atoms with E-state index in [4.69, 9.17) is 14.5 Å². The van der Waals surface area contributed by atoms with Gasteiger partial charge in [0.25, 0.3) is 5.91 Å². The molecule has 1 unspecified atom stereocenters. The van der Waals surface area contributed by atoms with Crippen LogP contribution in [0.4, 0.5) is 4.79 Å². The number of carbonyl (C=O) groups excluding carboxylic acids is 2. The fourth-order valence-electron chi connectivity index (χ4n) is 4.00. The number of carbonyl (C=O) groups is 2. The highest BCUT2D eigenvalue weighted by Gasteiger charge is 2.33. The maximum Gasteiger partial charge on any atom is 0.410 e. The lowest BCUT2D eigenvalue weighted by atomic mass is 10.1. The number of ether oxygens (including phenoxy) is 2. The van der Waals surface area contributed by atoms with E-state index in [1.807, 2.05) is 68.7 Å². The van der Waals surface area contributed by atoms with Crippen molar-refractivity contribution in [2.75, 3.05) is 26.7 Å². The second kappa shape index (κ2) is 9.77. The van der Waals surface area contributed by atoms with Gasteiger partial charge in [-0.2, -0.15) is 0 Å². The first-order chi connectivity index (χ1) is 16.7. The van der Waals surface area contributed by atoms with Gasteiger partial charge in [0.2, 0.25) is 5.88 Å². The Balaban J connectivity index is 1.59. The van der Waals surface area contributed by atoms with Gasteiger partial charge in [-0.3, -0.25) is 9.36 Å². The molecule has 0 aliphatic carbocycles. The number of para-hydroxylation sites is 1. The molecular formula is C26H31N5O4. The largest absolute Gasteiger partial charge is 0.481 e. The fraction of sp³-hybridized carbons (Fsp3) is 0.385. The van der Waals surface area contributed by atoms with Crippen LogP contribution < -0.4 is 4.74 Å². The van der Waals surface area contributed by atoms with E-state index in [2.05, 4.69) is 4.98 Å². The number of pyridine rings is 1. The SMILES string of the molecule is COc1ccc(-c2nc(C(=O)N3CCN(C(=O)OC(C)(C)C)CC3C)cn2-c2ccccc2)cn1. The standard InChI is InChI=1S/C26H31N5O4/c1-18-16-29(25(33)35-26(2,3)4)13-14-30(18)24(32)21-17-31(20-9-7-6-8-10-20)23(28-21)19-11-12-22(34-5)27-15-19/h6-12,15,17-18H,13-14,16H2,1-5H3. The van der Waals surface area contributed by atoms with Crippen LogP contribution in [-0.2, 0) is 4.74 Å². The molecule has 2 amide bonds. The van der Waals surface area contributed by atoms with Crippen LogP contribution in [0.25, 0.3) is 17.1 Å². The molecule has 1 aliphatic heterocycles. The molecule has 2 aromatic heterocycles. The molecule has 184 valence electrons. The molecule has 3 aromatic rings. The van der Waals surface area contributed by atoms with Crippen LogP contribution in [0, 0.1) is 0 Å². The third-order valence-electron chi connectivity index (χ3n) is 5.70. The van der Waals surface area contributed by atoms with Crippen molar-refractivity contribution in [2.45, 2.75) is 39.3 Å². The molecule has 1 atom stereocenters. The average Bonchev–Trinajstić information content (AvgIpc) is 3.29. The minimum absolute atomic E-state index is 0.182. The van der Waals surface area contributed by atoms with Gasteiger partial charge < -0.3 is 19.3 Å². The molecule has 0 N–H and O–H groups in total. The smallest absolute Gasteiger partial charge is 0.410 e. The van der Waals surface area contributed by atoms with Crippen molar-refractivity contribution < 1.29 is 19.1 Å². The normalized spacial score (nSPS) is 16.2. The lowest BCUT2D eigenvalue weighted by Crippen LogP contribution is -2.56. The van der Waals surface area contributed by atoms with Crippen molar-refractivity contribution in [2.24, 2.45) is 0 Å². The minimum atomic E-state index is -0.565. The Bertz CT molecular complexity index is 1180. The lowest BCUT2D eigenvalue weighted by molar-refractivity contribution is 0.00607. The molecule has 35 heavy (non-hydrogen) atoms. The van der Waals surface area contributed by atoms with E-state index < -0.39 is 5.60 Å². The third-order valence-corrected chi connectivity index (χ3v) is 5.70. The summed E-state index contributed by atoms with van der Waals surface area (Å²) < 4.78 is 12.6. The summed E-state index contributed by atoms with van der Waals surface area (Å²) in [5.74, 6) is 0.924. The summed E-state index contributed by atoms with van der Waals surface area (Å²) in [5.41, 5.74) is 1.41. The fourth-order valence-corrected chi connectivity index (χ4v) is 4.00. The van der Waals surface area contributed by atoms with Gasteiger partial charge >= 0.3 is 6.09 Å². The van der Waals surface area contributed by atoms with Crippen molar-refractivity contribution in [1.29, 1.82) is 0 Å². The van der Waals surface area contributed by atoms with Gasteiger partial charge in [-0.15, -0.1) is 0 Å². The van der Waals surface area contributed by atoms with E-state index in [0.29, 0.717) is 37.0 Å². The molecule has 1 aliphatic rings. The number of methoxy groups -OCH3 is 1. The topological polar surface area (TPSA) is 89.8 Å². The molecule has 0 radical (unpaired) electrons. The molecule has 4 rings (SSSR count). The maximum absolute atomic E-state index is 13.5. The number of piperazine rings is 1. The zero-order valence-electron chi connectivity index (χ0n) is 20.8. The number of rotatable bonds is 4. The predicted octanol–water partition coefficient (Wildman–Crippen LogP) is 4.02. The van der Waals surface area contributed by atoms with Crippen molar-refractivity contribution in [3.8, 4) is 23.0 Å². The number of hydrogen-bond donors (Lipinski definition) is 0. The van der Waals surface area contributed by atoms with Crippen LogP contribution in [-0.4, -0.2) is 74.7 Å². The van der Waals surface area contributed by atoms with Crippen molar-refractivity contribution in [3.05, 3.63) is 60.6 Å². The molecule has 1 saturated heterocycles. The Morgan fingerprint density at radius 2 is 1.80 bits per heavy atom. The summed E-state index contributed by atoms with van der Waals surface area (Å²) in [4.78, 5) is 38.4. The van der Waals surface area contributed by atoms with E-state index in [1.54, 1.807) is 35.4 Å². The molecule has 0 bridgehead atoms. The Morgan fingerprint density at radius 3 is 2.40 bits per heavy atom. The second-order valence-electron chi connectivity index (χ2n) is 9.52. The van der Waals surface area contributed by atoms with Crippen LogP contribution >= 0.6 is 0 Å². The first-order valence-corrected chi connectivity index (χ1v) is 11.6. The zero-order chi connectivity index (χ0) is 25.2. The quantitative estimate of drug-likeness (QED) is 0.564. The Labute approximate surface area is 205 Å². The van der Waals surface area contributed by atoms with E-state index in [0.717, 1.165) is 11.3 Å². The highest BCUT2D eigenvalue weighted by atomic mass is 16.6. The summed E-state index contributed by atoms with van der Waals surface area (Å²) in [6.07, 6.45) is 3.07. The lowest BCUT2D eigenvalue weighted by Gasteiger charge is -2.39. The van der Waals surface area contributed by atoms with Gasteiger partial charge in [-0.05, 0) is 45.9 Å². The van der Waals surface area contributed by atoms with Gasteiger partial charge in [0.1, 0.15) is 17.1 Å². The molecule has 0 spiro atoms. The molecule has 1 aromatic carbocycles. The van der Waals surface area contributed by atoms with Gasteiger partial charge in [0.15, 0.2) is 0 Å². The molecule has 3 heterocycles. The summed E-state index contributed by atoms with van der Waals surface area (Å²) in [6.45, 7) is 8.65. The molecule has 9 heteroatoms. The van der Waals surface area contributed by atoms with Crippen LogP contribution in [0.2, 0.25) is 0 Å². The maximum atomic E-state index is 13.5. The number of hydrogen-bond acceptors (Lipinski definition) is 6. The van der Waals surface area contributed by atoms with Gasteiger partial charge in [-0.25, -0.2) is 14.8 Å². The van der Waals surface area contributed by atoms with Crippen molar-refractivity contribution in [3.63, 3.8) is 0 Å². The summed E-state index contributed by atoms with van der Waals surface area (Å²) in [6, 6.07) is 13.2. The molecule has 0 saturated carbocycles. The van der Waals surface area contributed by atoms with Gasteiger partial charge in [0.05, 0.1) is 7.11 Å². The van der Waals surface area contributed by atoms with Gasteiger partial charge in [0, 0.05) is 55.4 Å². The third kappa shape index (κ3) is 5.45. The highest BCUT2D eigenvalue weighted by Crippen LogP contribution is 2.25. The average molecular weight is 478 g/mol. The molecule has 1 fully saturated rings. The van der Waals surface area contributed by atoms with E-state index in [1.165, 1.54) is 0 Å². The van der Waals surface area contributed by atoms with E-state index >= 15 is 0 Å². The number of amides is 2. The minimum Gasteiger partial charge on any atom is -0.481 e. The first-order valence-electron chi connectivity index (χ1n) is 11.6. The monoisotopic (exact) mass is 477 g/mol. The number of benzene rings is 1. The number of aromatic nitrogens is 3. The summed E-state index contributed by atoms with van der Waals surface area (Å²) in [5, 5.41) is 0. The second-order valence-corrected chi connectivity index (χ2v) is 9.52. The summed E-state index contributed by atoms with van der Waals surface area (Å²) in [7, 11) is 1.56. The van der Waals surface area contributed by atoms with Crippen LogP contribution in [0.3, 0.4) is 0 Å². The Kier molecular flexibility index (Phi) is 6.77. The van der Waals surface area contributed by atoms with Gasteiger partial charge in [-0.1, -0.05) is 18.2 Å². The highest BCUT2D eigenvalue weighted by molar-refractivity contribution is 5.93. The zero-order valence-corrected chi connectivity index (χ0v) is 20.8. The molecule has 9 nitrogen and oxygen atoms in total. The predicted molar refractivity (Wildman–Crippen MR) is 132 cm³/mol. The Hall–Kier alpha value is -3.88. The summed E-state index contributed by atoms with van der Waals surface area (Å²) >= 11 is 0. The number of nitrogens with zero attached hydrogens (tertiary/aromatic N) is 5. The first kappa shape index (κ1) is 24.3. The Morgan fingerprint density at radius 1 is 1.06 bits per heavy atom. The van der Waals surface area contributed by atoms with E-state index in [9.17, 15) is 9.59 Å². The van der Waals surface area contributed by atoms with Crippen molar-refractivity contribution >= 4 is 12.0 Å². The van der Waals surface area contributed by atoms with Crippen molar-refractivity contribution in [1.82, 2.24) is 24.3 Å². The number of imidazole rings is 1.